The van der Waals surface area contributed by atoms with Crippen LogP contribution in [-0.4, -0.2) is 62.6 Å². The molecule has 3 aliphatic rings. The summed E-state index contributed by atoms with van der Waals surface area (Å²) in [5.74, 6) is -2.49. The molecule has 4 rings (SSSR count). The van der Waals surface area contributed by atoms with Gasteiger partial charge in [0.05, 0.1) is 0 Å². The van der Waals surface area contributed by atoms with Crippen molar-refractivity contribution in [2.75, 3.05) is 26.2 Å². The van der Waals surface area contributed by atoms with E-state index in [0.29, 0.717) is 11.6 Å². The summed E-state index contributed by atoms with van der Waals surface area (Å²) in [4.78, 5) is 27.5. The fraction of sp³-hybridized carbons (Fsp3) is 0.217. The van der Waals surface area contributed by atoms with Crippen molar-refractivity contribution in [3.05, 3.63) is 80.9 Å². The van der Waals surface area contributed by atoms with Crippen LogP contribution in [0.5, 0.6) is 5.75 Å². The minimum absolute atomic E-state index is 0.159. The van der Waals surface area contributed by atoms with Crippen LogP contribution in [0.15, 0.2) is 75.3 Å². The van der Waals surface area contributed by atoms with Gasteiger partial charge in [-0.2, -0.15) is 0 Å². The molecule has 2 heterocycles. The highest BCUT2D eigenvalue weighted by Gasteiger charge is 2.35. The Morgan fingerprint density at radius 1 is 1.00 bits per heavy atom. The lowest BCUT2D eigenvalue weighted by molar-refractivity contribution is -0.274. The third kappa shape index (κ3) is 5.67. The molecule has 188 valence electrons. The van der Waals surface area contributed by atoms with Crippen molar-refractivity contribution >= 4 is 27.9 Å². The molecule has 2 aliphatic heterocycles. The molecule has 0 fully saturated rings. The summed E-state index contributed by atoms with van der Waals surface area (Å²) in [6, 6.07) is 5.02. The number of alkyl halides is 3. The van der Waals surface area contributed by atoms with Gasteiger partial charge in [-0.3, -0.25) is 9.59 Å². The van der Waals surface area contributed by atoms with Gasteiger partial charge >= 0.3 is 6.36 Å². The van der Waals surface area contributed by atoms with E-state index in [2.05, 4.69) is 16.2 Å². The number of nitrogens with zero attached hydrogens (tertiary/aromatic N) is 2. The standard InChI is InChI=1S/C23H17F4N3O5S/c24-20-9-18(36(28,33)34)6-7-19(20)22(32)30-12-15-10-29(11-16(15)13-30)21(31)8-3-14-1-4-17(5-2-14)35-23(25,26)27/h1-5,8-9H,10-13H2,(H2,28,33,34)/b8-3+. The van der Waals surface area contributed by atoms with Crippen LogP contribution in [0.3, 0.4) is 0 Å². The fourth-order valence-electron chi connectivity index (χ4n) is 3.81. The van der Waals surface area contributed by atoms with Crippen molar-refractivity contribution in [3.63, 3.8) is 0 Å². The van der Waals surface area contributed by atoms with Crippen LogP contribution in [0.25, 0.3) is 6.08 Å². The van der Waals surface area contributed by atoms with E-state index < -0.39 is 38.6 Å². The minimum atomic E-state index is -4.79. The third-order valence-electron chi connectivity index (χ3n) is 5.49. The zero-order chi connectivity index (χ0) is 26.3. The normalized spacial score (nSPS) is 17.9. The first-order chi connectivity index (χ1) is 16.8. The molecule has 36 heavy (non-hydrogen) atoms. The van der Waals surface area contributed by atoms with E-state index in [-0.39, 0.29) is 37.8 Å². The van der Waals surface area contributed by atoms with Crippen molar-refractivity contribution < 1.29 is 40.3 Å². The number of hydrogen-bond acceptors (Lipinski definition) is 5. The van der Waals surface area contributed by atoms with Crippen LogP contribution in [-0.2, 0) is 19.6 Å². The number of benzene rings is 1. The van der Waals surface area contributed by atoms with Gasteiger partial charge in [-0.25, -0.2) is 17.9 Å². The molecular formula is C23H17F4N3O5S. The molecule has 0 bridgehead atoms. The van der Waals surface area contributed by atoms with Crippen molar-refractivity contribution in [3.8, 4) is 5.75 Å². The Morgan fingerprint density at radius 3 is 2.11 bits per heavy atom. The highest BCUT2D eigenvalue weighted by atomic mass is 32.2. The van der Waals surface area contributed by atoms with E-state index in [4.69, 9.17) is 5.14 Å². The fourth-order valence-corrected chi connectivity index (χ4v) is 4.27. The van der Waals surface area contributed by atoms with Crippen molar-refractivity contribution in [1.29, 1.82) is 0 Å². The second-order valence-electron chi connectivity index (χ2n) is 8.04. The van der Waals surface area contributed by atoms with E-state index in [1.54, 1.807) is 0 Å². The van der Waals surface area contributed by atoms with E-state index in [0.717, 1.165) is 23.3 Å². The Labute approximate surface area is 202 Å². The molecular weight excluding hydrogens is 506 g/mol. The molecule has 1 aromatic rings. The molecule has 8 nitrogen and oxygen atoms in total. The summed E-state index contributed by atoms with van der Waals surface area (Å²) in [5.41, 5.74) is 6.08. The van der Waals surface area contributed by atoms with E-state index in [1.807, 2.05) is 0 Å². The van der Waals surface area contributed by atoms with Crippen LogP contribution >= 0.6 is 0 Å². The first-order valence-electron chi connectivity index (χ1n) is 10.3. The maximum Gasteiger partial charge on any atom is 0.573 e. The Balaban J connectivity index is 1.34. The van der Waals surface area contributed by atoms with Gasteiger partial charge in [0.2, 0.25) is 15.9 Å². The van der Waals surface area contributed by atoms with Crippen LogP contribution in [0.1, 0.15) is 5.56 Å². The number of allylic oxidation sites excluding steroid dienone is 1. The summed E-state index contributed by atoms with van der Waals surface area (Å²) in [6.45, 7) is 0.825. The number of nitrogens with two attached hydrogens (primary N) is 1. The van der Waals surface area contributed by atoms with Crippen LogP contribution in [0, 0.1) is 0 Å². The average Bonchev–Trinajstić information content (AvgIpc) is 3.36. The second-order valence-corrected chi connectivity index (χ2v) is 9.57. The molecule has 0 spiro atoms. The maximum atomic E-state index is 14.3. The molecule has 1 aromatic carbocycles. The molecule has 13 heteroatoms. The second kappa shape index (κ2) is 9.29. The lowest BCUT2D eigenvalue weighted by atomic mass is 10.1. The van der Waals surface area contributed by atoms with Gasteiger partial charge in [0, 0.05) is 38.3 Å². The highest BCUT2D eigenvalue weighted by Crippen LogP contribution is 2.29. The predicted molar refractivity (Wildman–Crippen MR) is 119 cm³/mol. The number of rotatable bonds is 5. The Hall–Kier alpha value is -3.89. The Morgan fingerprint density at radius 2 is 1.58 bits per heavy atom. The number of carbonyl (C=O) groups is 2. The smallest absolute Gasteiger partial charge is 0.406 e. The summed E-state index contributed by atoms with van der Waals surface area (Å²) in [6.07, 6.45) is -1.43. The third-order valence-corrected chi connectivity index (χ3v) is 6.32. The number of sulfonamides is 1. The highest BCUT2D eigenvalue weighted by molar-refractivity contribution is 7.93. The Kier molecular flexibility index (Phi) is 6.50. The van der Waals surface area contributed by atoms with Gasteiger partial charge in [0.1, 0.15) is 22.1 Å². The van der Waals surface area contributed by atoms with E-state index in [1.165, 1.54) is 34.1 Å². The number of carbonyl (C=O) groups excluding carboxylic acids is 2. The molecule has 1 aliphatic carbocycles. The van der Waals surface area contributed by atoms with Gasteiger partial charge in [-0.1, -0.05) is 17.9 Å². The van der Waals surface area contributed by atoms with Gasteiger partial charge in [0.15, 0.2) is 0 Å². The largest absolute Gasteiger partial charge is 0.573 e. The molecule has 2 N–H and O–H groups in total. The molecule has 0 saturated heterocycles. The van der Waals surface area contributed by atoms with E-state index in [9.17, 15) is 35.6 Å². The molecule has 0 aromatic heterocycles. The molecule has 2 amide bonds. The summed E-state index contributed by atoms with van der Waals surface area (Å²) < 4.78 is 77.4. The quantitative estimate of drug-likeness (QED) is 0.276. The minimum Gasteiger partial charge on any atom is -0.406 e. The molecule has 0 saturated carbocycles. The van der Waals surface area contributed by atoms with Gasteiger partial charge < -0.3 is 14.5 Å². The zero-order valence-electron chi connectivity index (χ0n) is 18.3. The first-order valence-corrected chi connectivity index (χ1v) is 11.8. The van der Waals surface area contributed by atoms with Gasteiger partial charge in [-0.05, 0) is 40.6 Å². The molecule has 0 unspecified atom stereocenters. The monoisotopic (exact) mass is 523 g/mol. The first kappa shape index (κ1) is 25.2. The van der Waals surface area contributed by atoms with Crippen LogP contribution < -0.4 is 9.88 Å². The zero-order valence-corrected chi connectivity index (χ0v) is 19.1. The topological polar surface area (TPSA) is 110 Å². The van der Waals surface area contributed by atoms with Crippen LogP contribution in [0.2, 0.25) is 0 Å². The lowest BCUT2D eigenvalue weighted by Crippen LogP contribution is -2.36. The van der Waals surface area contributed by atoms with Crippen molar-refractivity contribution in [2.24, 2.45) is 5.14 Å². The van der Waals surface area contributed by atoms with E-state index >= 15 is 0 Å². The SMILES string of the molecule is NS(=O)(=O)C1=C=C=C(C(=O)N2CC3=C(CN(C(=O)/C=C/c4ccc(OC(F)(F)F)cc4)C3)C2)C(F)=C1. The summed E-state index contributed by atoms with van der Waals surface area (Å²) in [5, 5.41) is 4.93. The van der Waals surface area contributed by atoms with Crippen molar-refractivity contribution in [2.45, 2.75) is 6.36 Å². The summed E-state index contributed by atoms with van der Waals surface area (Å²) >= 11 is 0. The van der Waals surface area contributed by atoms with Crippen molar-refractivity contribution in [1.82, 2.24) is 9.80 Å². The maximum absolute atomic E-state index is 14.3. The average molecular weight is 523 g/mol. The number of hydrogen-bond donors (Lipinski definition) is 1. The summed E-state index contributed by atoms with van der Waals surface area (Å²) in [7, 11) is -4.19. The molecule has 0 radical (unpaired) electrons. The van der Waals surface area contributed by atoms with Gasteiger partial charge in [0.25, 0.3) is 5.91 Å². The number of ether oxygens (including phenoxy) is 1. The van der Waals surface area contributed by atoms with Gasteiger partial charge in [-0.15, -0.1) is 13.2 Å². The molecule has 0 atom stereocenters. The lowest BCUT2D eigenvalue weighted by Gasteiger charge is -2.22. The number of primary sulfonamides is 1. The van der Waals surface area contributed by atoms with Crippen LogP contribution in [0.4, 0.5) is 17.6 Å². The number of amides is 2. The number of halogens is 4. The Bertz CT molecular complexity index is 1430. The predicted octanol–water partition coefficient (Wildman–Crippen LogP) is 2.30.